The Hall–Kier alpha value is -0.540. The Morgan fingerprint density at radius 2 is 2.23 bits per heavy atom. The zero-order chi connectivity index (χ0) is 9.68. The van der Waals surface area contributed by atoms with Gasteiger partial charge in [0.2, 0.25) is 0 Å². The summed E-state index contributed by atoms with van der Waals surface area (Å²) in [5.41, 5.74) is 0.934. The van der Waals surface area contributed by atoms with E-state index in [1.165, 1.54) is 17.8 Å². The molecule has 0 aliphatic heterocycles. The number of aryl methyl sites for hydroxylation is 1. The summed E-state index contributed by atoms with van der Waals surface area (Å²) in [6, 6.07) is 5.21. The molecule has 0 aromatic heterocycles. The van der Waals surface area contributed by atoms with Crippen molar-refractivity contribution in [3.8, 4) is 0 Å². The van der Waals surface area contributed by atoms with Crippen molar-refractivity contribution < 1.29 is 9.50 Å². The van der Waals surface area contributed by atoms with Crippen molar-refractivity contribution in [2.24, 2.45) is 0 Å². The van der Waals surface area contributed by atoms with Gasteiger partial charge >= 0.3 is 0 Å². The van der Waals surface area contributed by atoms with E-state index in [0.717, 1.165) is 11.3 Å². The minimum Gasteiger partial charge on any atom is -0.396 e. The number of hydrogen-bond donors (Lipinski definition) is 1. The Kier molecular flexibility index (Phi) is 4.25. The first-order chi connectivity index (χ1) is 6.24. The molecule has 1 N–H and O–H groups in total. The van der Waals surface area contributed by atoms with Crippen LogP contribution in [-0.4, -0.2) is 17.5 Å². The van der Waals surface area contributed by atoms with Gasteiger partial charge in [0, 0.05) is 17.3 Å². The Morgan fingerprint density at radius 1 is 1.46 bits per heavy atom. The van der Waals surface area contributed by atoms with Crippen LogP contribution in [0.2, 0.25) is 0 Å². The number of rotatable bonds is 4. The van der Waals surface area contributed by atoms with E-state index in [2.05, 4.69) is 0 Å². The highest BCUT2D eigenvalue weighted by Gasteiger charge is 2.01. The van der Waals surface area contributed by atoms with Crippen LogP contribution in [0.3, 0.4) is 0 Å². The fourth-order valence-corrected chi connectivity index (χ4v) is 1.82. The van der Waals surface area contributed by atoms with E-state index in [-0.39, 0.29) is 12.4 Å². The fourth-order valence-electron chi connectivity index (χ4n) is 0.970. The van der Waals surface area contributed by atoms with Gasteiger partial charge in [0.15, 0.2) is 0 Å². The van der Waals surface area contributed by atoms with Crippen molar-refractivity contribution in [3.63, 3.8) is 0 Å². The first kappa shape index (κ1) is 10.5. The van der Waals surface area contributed by atoms with Gasteiger partial charge in [-0.15, -0.1) is 11.8 Å². The predicted octanol–water partition coefficient (Wildman–Crippen LogP) is 2.61. The molecule has 0 unspecified atom stereocenters. The third-order valence-corrected chi connectivity index (χ3v) is 2.78. The van der Waals surface area contributed by atoms with E-state index in [1.807, 2.05) is 13.0 Å². The van der Waals surface area contributed by atoms with E-state index in [1.54, 1.807) is 6.07 Å². The van der Waals surface area contributed by atoms with Crippen molar-refractivity contribution in [2.45, 2.75) is 18.2 Å². The van der Waals surface area contributed by atoms with Crippen LogP contribution in [0.5, 0.6) is 0 Å². The second-order valence-corrected chi connectivity index (χ2v) is 4.00. The van der Waals surface area contributed by atoms with Crippen LogP contribution in [0.1, 0.15) is 12.0 Å². The molecule has 0 fully saturated rings. The summed E-state index contributed by atoms with van der Waals surface area (Å²) in [7, 11) is 0. The Balaban J connectivity index is 2.56. The number of hydrogen-bond acceptors (Lipinski definition) is 2. The van der Waals surface area contributed by atoms with Crippen molar-refractivity contribution >= 4 is 11.8 Å². The maximum absolute atomic E-state index is 13.2. The zero-order valence-corrected chi connectivity index (χ0v) is 8.40. The quantitative estimate of drug-likeness (QED) is 0.595. The number of thioether (sulfide) groups is 1. The van der Waals surface area contributed by atoms with Crippen molar-refractivity contribution in [2.75, 3.05) is 12.4 Å². The lowest BCUT2D eigenvalue weighted by molar-refractivity contribution is 0.296. The van der Waals surface area contributed by atoms with Gasteiger partial charge in [-0.2, -0.15) is 0 Å². The average Bonchev–Trinajstić information content (AvgIpc) is 2.09. The van der Waals surface area contributed by atoms with E-state index in [4.69, 9.17) is 5.11 Å². The molecule has 0 aliphatic rings. The zero-order valence-electron chi connectivity index (χ0n) is 7.59. The van der Waals surface area contributed by atoms with Crippen LogP contribution in [0, 0.1) is 12.7 Å². The molecule has 0 heterocycles. The first-order valence-electron chi connectivity index (χ1n) is 4.24. The lowest BCUT2D eigenvalue weighted by Crippen LogP contribution is -1.88. The number of benzene rings is 1. The van der Waals surface area contributed by atoms with Gasteiger partial charge < -0.3 is 5.11 Å². The van der Waals surface area contributed by atoms with Gasteiger partial charge in [-0.1, -0.05) is 6.07 Å². The molecule has 3 heteroatoms. The SMILES string of the molecule is Cc1ccc(SCCCO)c(F)c1. The number of halogens is 1. The highest BCUT2D eigenvalue weighted by Crippen LogP contribution is 2.22. The molecule has 13 heavy (non-hydrogen) atoms. The molecule has 1 aromatic rings. The molecule has 0 saturated carbocycles. The standard InChI is InChI=1S/C10H13FOS/c1-8-3-4-10(9(11)7-8)13-6-2-5-12/h3-4,7,12H,2,5-6H2,1H3. The molecule has 0 aliphatic carbocycles. The van der Waals surface area contributed by atoms with Crippen molar-refractivity contribution in [1.82, 2.24) is 0 Å². The molecule has 0 bridgehead atoms. The van der Waals surface area contributed by atoms with Gasteiger partial charge in [-0.05, 0) is 31.0 Å². The highest BCUT2D eigenvalue weighted by atomic mass is 32.2. The summed E-state index contributed by atoms with van der Waals surface area (Å²) in [6.45, 7) is 2.03. The largest absolute Gasteiger partial charge is 0.396 e. The molecular formula is C10H13FOS. The van der Waals surface area contributed by atoms with Crippen LogP contribution < -0.4 is 0 Å². The maximum Gasteiger partial charge on any atom is 0.137 e. The average molecular weight is 200 g/mol. The van der Waals surface area contributed by atoms with Gasteiger partial charge in [0.1, 0.15) is 5.82 Å². The van der Waals surface area contributed by atoms with Crippen molar-refractivity contribution in [1.29, 1.82) is 0 Å². The van der Waals surface area contributed by atoms with E-state index in [0.29, 0.717) is 11.3 Å². The Bertz CT molecular complexity index is 276. The van der Waals surface area contributed by atoms with Gasteiger partial charge in [0.05, 0.1) is 0 Å². The van der Waals surface area contributed by atoms with E-state index >= 15 is 0 Å². The molecule has 1 nitrogen and oxygen atoms in total. The Morgan fingerprint density at radius 3 is 2.85 bits per heavy atom. The van der Waals surface area contributed by atoms with Crippen LogP contribution in [-0.2, 0) is 0 Å². The van der Waals surface area contributed by atoms with Gasteiger partial charge in [0.25, 0.3) is 0 Å². The van der Waals surface area contributed by atoms with Gasteiger partial charge in [-0.3, -0.25) is 0 Å². The van der Waals surface area contributed by atoms with Crippen LogP contribution in [0.15, 0.2) is 23.1 Å². The molecule has 0 saturated heterocycles. The first-order valence-corrected chi connectivity index (χ1v) is 5.22. The minimum absolute atomic E-state index is 0.164. The summed E-state index contributed by atoms with van der Waals surface area (Å²) in [6.07, 6.45) is 0.706. The molecule has 0 radical (unpaired) electrons. The number of aliphatic hydroxyl groups is 1. The number of aliphatic hydroxyl groups excluding tert-OH is 1. The van der Waals surface area contributed by atoms with Crippen LogP contribution >= 0.6 is 11.8 Å². The summed E-state index contributed by atoms with van der Waals surface area (Å²) in [4.78, 5) is 0.666. The summed E-state index contributed by atoms with van der Waals surface area (Å²) in [5.74, 6) is 0.596. The Labute approximate surface area is 82.0 Å². The van der Waals surface area contributed by atoms with E-state index < -0.39 is 0 Å². The smallest absolute Gasteiger partial charge is 0.137 e. The van der Waals surface area contributed by atoms with E-state index in [9.17, 15) is 4.39 Å². The second-order valence-electron chi connectivity index (χ2n) is 2.86. The molecule has 0 atom stereocenters. The third kappa shape index (κ3) is 3.36. The topological polar surface area (TPSA) is 20.2 Å². The maximum atomic E-state index is 13.2. The minimum atomic E-state index is -0.164. The molecule has 0 spiro atoms. The molecule has 1 aromatic carbocycles. The summed E-state index contributed by atoms with van der Waals surface area (Å²) in [5, 5.41) is 8.55. The normalized spacial score (nSPS) is 10.4. The van der Waals surface area contributed by atoms with Crippen LogP contribution in [0.25, 0.3) is 0 Å². The third-order valence-electron chi connectivity index (χ3n) is 1.65. The summed E-state index contributed by atoms with van der Waals surface area (Å²) >= 11 is 1.45. The fraction of sp³-hybridized carbons (Fsp3) is 0.400. The van der Waals surface area contributed by atoms with Gasteiger partial charge in [-0.25, -0.2) is 4.39 Å². The summed E-state index contributed by atoms with van der Waals surface area (Å²) < 4.78 is 13.2. The molecule has 1 rings (SSSR count). The lowest BCUT2D eigenvalue weighted by Gasteiger charge is -2.02. The van der Waals surface area contributed by atoms with Crippen molar-refractivity contribution in [3.05, 3.63) is 29.6 Å². The second kappa shape index (κ2) is 5.25. The highest BCUT2D eigenvalue weighted by molar-refractivity contribution is 7.99. The van der Waals surface area contributed by atoms with Crippen LogP contribution in [0.4, 0.5) is 4.39 Å². The molecule has 72 valence electrons. The monoisotopic (exact) mass is 200 g/mol. The molecule has 0 amide bonds. The predicted molar refractivity (Wildman–Crippen MR) is 53.6 cm³/mol. The lowest BCUT2D eigenvalue weighted by atomic mass is 10.2. The molecular weight excluding hydrogens is 187 g/mol.